The molecule has 0 spiro atoms. The highest BCUT2D eigenvalue weighted by atomic mass is 35.5. The van der Waals surface area contributed by atoms with Crippen molar-refractivity contribution in [1.29, 1.82) is 0 Å². The van der Waals surface area contributed by atoms with E-state index < -0.39 is 16.1 Å². The highest BCUT2D eigenvalue weighted by Gasteiger charge is 2.27. The Bertz CT molecular complexity index is 968. The van der Waals surface area contributed by atoms with E-state index in [1.54, 1.807) is 6.07 Å². The van der Waals surface area contributed by atoms with Crippen molar-refractivity contribution in [3.63, 3.8) is 0 Å². The number of anilines is 2. The van der Waals surface area contributed by atoms with Crippen molar-refractivity contribution in [2.24, 2.45) is 0 Å². The fourth-order valence-corrected chi connectivity index (χ4v) is 4.03. The van der Waals surface area contributed by atoms with E-state index in [0.717, 1.165) is 17.4 Å². The fourth-order valence-electron chi connectivity index (χ4n) is 2.66. The van der Waals surface area contributed by atoms with E-state index in [4.69, 9.17) is 20.8 Å². The van der Waals surface area contributed by atoms with E-state index in [2.05, 4.69) is 10.3 Å². The predicted molar refractivity (Wildman–Crippen MR) is 104 cm³/mol. The first kappa shape index (κ1) is 20.6. The summed E-state index contributed by atoms with van der Waals surface area (Å²) >= 11 is 6.08. The topological polar surface area (TPSA) is 114 Å². The molecule has 0 bridgehead atoms. The lowest BCUT2D eigenvalue weighted by Gasteiger charge is -2.18. The summed E-state index contributed by atoms with van der Waals surface area (Å²) < 4.78 is 38.4. The Labute approximate surface area is 168 Å². The molecule has 1 aromatic heterocycles. The smallest absolute Gasteiger partial charge is 0.304 e. The number of aromatic nitrogens is 1. The van der Waals surface area contributed by atoms with Gasteiger partial charge in [-0.15, -0.1) is 0 Å². The number of hydrogen-bond donors (Lipinski definition) is 2. The maximum Gasteiger partial charge on any atom is 0.304 e. The van der Waals surface area contributed by atoms with Crippen LogP contribution in [0.3, 0.4) is 0 Å². The molecule has 1 aliphatic rings. The van der Waals surface area contributed by atoms with Crippen molar-refractivity contribution in [2.45, 2.75) is 20.3 Å². The average Bonchev–Trinajstić information content (AvgIpc) is 2.91. The number of oxazole rings is 1. The number of halogens is 1. The van der Waals surface area contributed by atoms with E-state index in [1.807, 2.05) is 24.6 Å². The second kappa shape index (κ2) is 8.48. The number of hydrogen-bond acceptors (Lipinski definition) is 7. The molecular formula is C17H21ClN4O5S. The summed E-state index contributed by atoms with van der Waals surface area (Å²) in [6.45, 7) is 4.96. The summed E-state index contributed by atoms with van der Waals surface area (Å²) in [7, 11) is -3.98. The van der Waals surface area contributed by atoms with Crippen molar-refractivity contribution < 1.29 is 22.4 Å². The van der Waals surface area contributed by atoms with Crippen molar-refractivity contribution >= 4 is 39.4 Å². The summed E-state index contributed by atoms with van der Waals surface area (Å²) in [5, 5.41) is 3.60. The lowest BCUT2D eigenvalue weighted by Crippen LogP contribution is -2.44. The van der Waals surface area contributed by atoms with Gasteiger partial charge in [0.25, 0.3) is 11.9 Å². The van der Waals surface area contributed by atoms with Gasteiger partial charge in [-0.05, 0) is 43.5 Å². The van der Waals surface area contributed by atoms with Gasteiger partial charge in [-0.2, -0.15) is 17.7 Å². The Kier molecular flexibility index (Phi) is 6.23. The number of nitrogens with one attached hydrogen (secondary N) is 2. The van der Waals surface area contributed by atoms with Crippen LogP contribution in [0.2, 0.25) is 5.02 Å². The molecule has 1 aromatic carbocycles. The number of carbonyl (C=O) groups is 1. The van der Waals surface area contributed by atoms with E-state index >= 15 is 0 Å². The third-order valence-electron chi connectivity index (χ3n) is 4.23. The Morgan fingerprint density at radius 3 is 2.79 bits per heavy atom. The normalized spacial score (nSPS) is 15.8. The monoisotopic (exact) mass is 428 g/mol. The molecule has 2 aromatic rings. The molecule has 0 aliphatic carbocycles. The number of benzene rings is 1. The van der Waals surface area contributed by atoms with E-state index in [-0.39, 0.29) is 31.4 Å². The van der Waals surface area contributed by atoms with Crippen LogP contribution in [-0.4, -0.2) is 49.9 Å². The third-order valence-corrected chi connectivity index (χ3v) is 6.12. The minimum absolute atomic E-state index is 0.0653. The molecule has 0 unspecified atom stereocenters. The van der Waals surface area contributed by atoms with Crippen LogP contribution in [0.15, 0.2) is 22.8 Å². The van der Waals surface area contributed by atoms with Gasteiger partial charge in [-0.1, -0.05) is 11.6 Å². The molecular weight excluding hydrogens is 408 g/mol. The van der Waals surface area contributed by atoms with Gasteiger partial charge in [0, 0.05) is 30.4 Å². The van der Waals surface area contributed by atoms with Crippen molar-refractivity contribution in [3.05, 3.63) is 40.2 Å². The highest BCUT2D eigenvalue weighted by molar-refractivity contribution is 7.87. The van der Waals surface area contributed by atoms with E-state index in [9.17, 15) is 13.2 Å². The molecule has 0 radical (unpaired) electrons. The number of rotatable bonds is 5. The Morgan fingerprint density at radius 1 is 1.21 bits per heavy atom. The molecule has 0 atom stereocenters. The minimum Gasteiger partial charge on any atom is -0.431 e. The lowest BCUT2D eigenvalue weighted by molar-refractivity contribution is 0.0973. The first-order valence-electron chi connectivity index (χ1n) is 8.65. The molecule has 28 heavy (non-hydrogen) atoms. The Morgan fingerprint density at radius 2 is 2.00 bits per heavy atom. The Balaban J connectivity index is 1.69. The van der Waals surface area contributed by atoms with Gasteiger partial charge in [-0.3, -0.25) is 4.79 Å². The number of carbonyl (C=O) groups excluding carboxylic acids is 1. The molecule has 2 heterocycles. The predicted octanol–water partition coefficient (Wildman–Crippen LogP) is 2.39. The highest BCUT2D eigenvalue weighted by Crippen LogP contribution is 2.26. The second-order valence-corrected chi connectivity index (χ2v) is 8.46. The van der Waals surface area contributed by atoms with Crippen LogP contribution >= 0.6 is 11.6 Å². The molecule has 1 saturated heterocycles. The molecule has 1 aliphatic heterocycles. The lowest BCUT2D eigenvalue weighted by atomic mass is 10.1. The van der Waals surface area contributed by atoms with Crippen molar-refractivity contribution in [3.8, 4) is 0 Å². The summed E-state index contributed by atoms with van der Waals surface area (Å²) in [5.74, 6) is -0.869. The number of nitrogens with zero attached hydrogens (tertiary/aromatic N) is 2. The first-order chi connectivity index (χ1) is 13.3. The summed E-state index contributed by atoms with van der Waals surface area (Å²) in [6.07, 6.45) is 1.66. The van der Waals surface area contributed by atoms with Crippen molar-refractivity contribution in [1.82, 2.24) is 14.0 Å². The maximum atomic E-state index is 12.4. The van der Waals surface area contributed by atoms with Gasteiger partial charge >= 0.3 is 10.2 Å². The van der Waals surface area contributed by atoms with Gasteiger partial charge in [0.05, 0.1) is 6.61 Å². The zero-order valence-corrected chi connectivity index (χ0v) is 17.1. The van der Waals surface area contributed by atoms with Crippen LogP contribution in [0, 0.1) is 13.8 Å². The van der Waals surface area contributed by atoms with Gasteiger partial charge in [-0.25, -0.2) is 4.72 Å². The van der Waals surface area contributed by atoms with Gasteiger partial charge in [0.1, 0.15) is 6.26 Å². The van der Waals surface area contributed by atoms with E-state index in [1.165, 1.54) is 4.31 Å². The molecule has 2 N–H and O–H groups in total. The minimum atomic E-state index is -3.98. The SMILES string of the molecule is Cc1cc(Nc2nc(C(=O)NS(=O)(=O)N3CCCOCC3)co2)c(C)cc1Cl. The van der Waals surface area contributed by atoms with Crippen LogP contribution in [0.25, 0.3) is 0 Å². The van der Waals surface area contributed by atoms with Crippen LogP contribution < -0.4 is 10.0 Å². The van der Waals surface area contributed by atoms with Gasteiger partial charge in [0.2, 0.25) is 0 Å². The summed E-state index contributed by atoms with van der Waals surface area (Å²) in [5.41, 5.74) is 2.30. The number of amides is 1. The quantitative estimate of drug-likeness (QED) is 0.751. The van der Waals surface area contributed by atoms with Crippen LogP contribution in [-0.2, 0) is 14.9 Å². The van der Waals surface area contributed by atoms with E-state index in [0.29, 0.717) is 23.7 Å². The maximum absolute atomic E-state index is 12.4. The molecule has 0 saturated carbocycles. The van der Waals surface area contributed by atoms with Crippen LogP contribution in [0.4, 0.5) is 11.7 Å². The molecule has 1 amide bonds. The zero-order valence-electron chi connectivity index (χ0n) is 15.5. The van der Waals surface area contributed by atoms with Gasteiger partial charge in [0.15, 0.2) is 5.69 Å². The van der Waals surface area contributed by atoms with Crippen molar-refractivity contribution in [2.75, 3.05) is 31.6 Å². The zero-order chi connectivity index (χ0) is 20.3. The molecule has 9 nitrogen and oxygen atoms in total. The molecule has 11 heteroatoms. The third kappa shape index (κ3) is 4.82. The standard InChI is InChI=1S/C17H21ClN4O5S/c1-11-9-14(12(2)8-13(11)18)19-17-20-15(10-27-17)16(23)21-28(24,25)22-4-3-6-26-7-5-22/h8-10H,3-7H2,1-2H3,(H,19,20)(H,21,23). The number of ether oxygens (including phenoxy) is 1. The Hall–Kier alpha value is -2.14. The molecule has 3 rings (SSSR count). The number of aryl methyl sites for hydroxylation is 2. The van der Waals surface area contributed by atoms with Gasteiger partial charge < -0.3 is 14.5 Å². The van der Waals surface area contributed by atoms with Crippen LogP contribution in [0.1, 0.15) is 28.0 Å². The molecule has 152 valence electrons. The van der Waals surface area contributed by atoms with Crippen LogP contribution in [0.5, 0.6) is 0 Å². The molecule has 1 fully saturated rings. The summed E-state index contributed by atoms with van der Waals surface area (Å²) in [4.78, 5) is 16.3. The largest absolute Gasteiger partial charge is 0.431 e. The second-order valence-electron chi connectivity index (χ2n) is 6.38. The first-order valence-corrected chi connectivity index (χ1v) is 10.5. The summed E-state index contributed by atoms with van der Waals surface area (Å²) in [6, 6.07) is 3.69. The average molecular weight is 429 g/mol. The fraction of sp³-hybridized carbons (Fsp3) is 0.412.